The van der Waals surface area contributed by atoms with Crippen molar-refractivity contribution in [2.24, 2.45) is 16.6 Å². The quantitative estimate of drug-likeness (QED) is 0.872. The summed E-state index contributed by atoms with van der Waals surface area (Å²) in [7, 11) is 0. The molecule has 3 N–H and O–H groups in total. The molecule has 0 aliphatic heterocycles. The van der Waals surface area contributed by atoms with Crippen LogP contribution < -0.4 is 11.1 Å². The van der Waals surface area contributed by atoms with Gasteiger partial charge in [0.2, 0.25) is 5.91 Å². The summed E-state index contributed by atoms with van der Waals surface area (Å²) in [5.41, 5.74) is 7.06. The second kappa shape index (κ2) is 6.18. The summed E-state index contributed by atoms with van der Waals surface area (Å²) in [5, 5.41) is 3.24. The number of nitrogens with two attached hydrogens (primary N) is 1. The lowest BCUT2D eigenvalue weighted by Gasteiger charge is -2.41. The van der Waals surface area contributed by atoms with Gasteiger partial charge in [-0.1, -0.05) is 57.5 Å². The van der Waals surface area contributed by atoms with Crippen LogP contribution in [0.3, 0.4) is 0 Å². The van der Waals surface area contributed by atoms with Gasteiger partial charge in [-0.2, -0.15) is 0 Å². The molecule has 21 heavy (non-hydrogen) atoms. The van der Waals surface area contributed by atoms with E-state index in [9.17, 15) is 4.79 Å². The van der Waals surface area contributed by atoms with Crippen molar-refractivity contribution in [2.75, 3.05) is 6.54 Å². The van der Waals surface area contributed by atoms with E-state index in [4.69, 9.17) is 5.73 Å². The van der Waals surface area contributed by atoms with Gasteiger partial charge in [0.15, 0.2) is 0 Å². The van der Waals surface area contributed by atoms with Crippen molar-refractivity contribution in [1.82, 2.24) is 5.32 Å². The van der Waals surface area contributed by atoms with Gasteiger partial charge in [0.05, 0.1) is 6.04 Å². The molecule has 1 aromatic rings. The molecule has 1 aliphatic carbocycles. The smallest absolute Gasteiger partial charge is 0.221 e. The van der Waals surface area contributed by atoms with Gasteiger partial charge in [-0.3, -0.25) is 4.79 Å². The lowest BCUT2D eigenvalue weighted by molar-refractivity contribution is -0.126. The number of benzene rings is 1. The fourth-order valence-electron chi connectivity index (χ4n) is 3.13. The highest BCUT2D eigenvalue weighted by Crippen LogP contribution is 2.43. The zero-order valence-corrected chi connectivity index (χ0v) is 13.5. The van der Waals surface area contributed by atoms with Crippen LogP contribution in [-0.4, -0.2) is 12.5 Å². The molecule has 1 atom stereocenters. The third kappa shape index (κ3) is 3.85. The van der Waals surface area contributed by atoms with Gasteiger partial charge in [-0.05, 0) is 35.8 Å². The summed E-state index contributed by atoms with van der Waals surface area (Å²) in [4.78, 5) is 12.5. The molecule has 3 nitrogen and oxygen atoms in total. The molecular formula is C18H28N2O. The van der Waals surface area contributed by atoms with Crippen LogP contribution in [0.5, 0.6) is 0 Å². The summed E-state index contributed by atoms with van der Waals surface area (Å²) < 4.78 is 0. The molecule has 116 valence electrons. The topological polar surface area (TPSA) is 55.1 Å². The minimum atomic E-state index is -0.0213. The van der Waals surface area contributed by atoms with Gasteiger partial charge < -0.3 is 11.1 Å². The Hall–Kier alpha value is -1.35. The molecule has 1 aromatic carbocycles. The predicted octanol–water partition coefficient (Wildman–Crippen LogP) is 3.41. The second-order valence-electron chi connectivity index (χ2n) is 7.51. The van der Waals surface area contributed by atoms with Gasteiger partial charge in [0, 0.05) is 6.42 Å². The largest absolute Gasteiger partial charge is 0.349 e. The van der Waals surface area contributed by atoms with Crippen molar-refractivity contribution in [2.45, 2.75) is 52.5 Å². The molecule has 2 rings (SSSR count). The Bertz CT molecular complexity index is 466. The average Bonchev–Trinajstić information content (AvgIpc) is 2.40. The molecule has 3 heteroatoms. The Kier molecular flexibility index (Phi) is 4.72. The molecule has 1 amide bonds. The summed E-state index contributed by atoms with van der Waals surface area (Å²) >= 11 is 0. The summed E-state index contributed by atoms with van der Waals surface area (Å²) in [6.07, 6.45) is 3.93. The maximum atomic E-state index is 12.5. The Morgan fingerprint density at radius 3 is 2.33 bits per heavy atom. The third-order valence-corrected chi connectivity index (χ3v) is 4.69. The van der Waals surface area contributed by atoms with E-state index in [2.05, 4.69) is 38.2 Å². The first-order valence-corrected chi connectivity index (χ1v) is 7.91. The van der Waals surface area contributed by atoms with E-state index in [0.29, 0.717) is 13.0 Å². The summed E-state index contributed by atoms with van der Waals surface area (Å²) in [5.74, 6) is 0.129. The van der Waals surface area contributed by atoms with Gasteiger partial charge in [0.25, 0.3) is 0 Å². The number of amides is 1. The average molecular weight is 288 g/mol. The first kappa shape index (κ1) is 16.0. The Morgan fingerprint density at radius 1 is 1.29 bits per heavy atom. The lowest BCUT2D eigenvalue weighted by Crippen LogP contribution is -2.44. The number of hydrogen-bond donors (Lipinski definition) is 2. The van der Waals surface area contributed by atoms with E-state index < -0.39 is 0 Å². The van der Waals surface area contributed by atoms with E-state index in [0.717, 1.165) is 18.4 Å². The molecule has 0 heterocycles. The van der Waals surface area contributed by atoms with E-state index in [1.165, 1.54) is 6.42 Å². The molecule has 0 saturated heterocycles. The Labute approximate surface area is 128 Å². The van der Waals surface area contributed by atoms with Gasteiger partial charge in [-0.25, -0.2) is 0 Å². The predicted molar refractivity (Wildman–Crippen MR) is 86.7 cm³/mol. The number of hydrogen-bond acceptors (Lipinski definition) is 2. The number of rotatable bonds is 5. The maximum absolute atomic E-state index is 12.5. The highest BCUT2D eigenvalue weighted by Gasteiger charge is 2.38. The monoisotopic (exact) mass is 288 g/mol. The van der Waals surface area contributed by atoms with Crippen molar-refractivity contribution in [3.8, 4) is 0 Å². The number of nitrogens with one attached hydrogen (secondary N) is 1. The zero-order chi connectivity index (χ0) is 15.5. The number of carbonyl (C=O) groups excluding carboxylic acids is 1. The van der Waals surface area contributed by atoms with Crippen LogP contribution in [0.4, 0.5) is 0 Å². The molecule has 0 bridgehead atoms. The van der Waals surface area contributed by atoms with Crippen LogP contribution >= 0.6 is 0 Å². The molecular weight excluding hydrogens is 260 g/mol. The van der Waals surface area contributed by atoms with Crippen molar-refractivity contribution in [1.29, 1.82) is 0 Å². The van der Waals surface area contributed by atoms with E-state index in [-0.39, 0.29) is 22.8 Å². The molecule has 1 saturated carbocycles. The van der Waals surface area contributed by atoms with Crippen LogP contribution in [0.1, 0.15) is 58.1 Å². The lowest BCUT2D eigenvalue weighted by atomic mass is 9.66. The Balaban J connectivity index is 2.07. The van der Waals surface area contributed by atoms with Crippen LogP contribution in [0, 0.1) is 10.8 Å². The van der Waals surface area contributed by atoms with Crippen LogP contribution in [0.15, 0.2) is 30.3 Å². The summed E-state index contributed by atoms with van der Waals surface area (Å²) in [6.45, 7) is 7.10. The zero-order valence-electron chi connectivity index (χ0n) is 13.5. The number of carbonyl (C=O) groups is 1. The van der Waals surface area contributed by atoms with Crippen molar-refractivity contribution < 1.29 is 4.79 Å². The standard InChI is InChI=1S/C18H28N2O/c1-17(2,3)16(14-8-5-4-6-9-14)20-15(21)12-18(13-19)10-7-11-18/h4-6,8-9,16H,7,10-13,19H2,1-3H3,(H,20,21). The first-order valence-electron chi connectivity index (χ1n) is 7.91. The highest BCUT2D eigenvalue weighted by molar-refractivity contribution is 5.77. The highest BCUT2D eigenvalue weighted by atomic mass is 16.1. The fourth-order valence-corrected chi connectivity index (χ4v) is 3.13. The van der Waals surface area contributed by atoms with E-state index in [1.807, 2.05) is 18.2 Å². The first-order chi connectivity index (χ1) is 9.86. The molecule has 1 aliphatic rings. The third-order valence-electron chi connectivity index (χ3n) is 4.69. The Morgan fingerprint density at radius 2 is 1.90 bits per heavy atom. The van der Waals surface area contributed by atoms with Crippen LogP contribution in [-0.2, 0) is 4.79 Å². The summed E-state index contributed by atoms with van der Waals surface area (Å²) in [6, 6.07) is 10.2. The molecule has 0 radical (unpaired) electrons. The second-order valence-corrected chi connectivity index (χ2v) is 7.51. The maximum Gasteiger partial charge on any atom is 0.221 e. The van der Waals surface area contributed by atoms with Crippen molar-refractivity contribution in [3.05, 3.63) is 35.9 Å². The van der Waals surface area contributed by atoms with Gasteiger partial charge in [0.1, 0.15) is 0 Å². The van der Waals surface area contributed by atoms with Crippen LogP contribution in [0.25, 0.3) is 0 Å². The van der Waals surface area contributed by atoms with Gasteiger partial charge >= 0.3 is 0 Å². The molecule has 0 spiro atoms. The molecule has 1 fully saturated rings. The van der Waals surface area contributed by atoms with Crippen molar-refractivity contribution in [3.63, 3.8) is 0 Å². The van der Waals surface area contributed by atoms with Crippen LogP contribution in [0.2, 0.25) is 0 Å². The van der Waals surface area contributed by atoms with Gasteiger partial charge in [-0.15, -0.1) is 0 Å². The molecule has 0 aromatic heterocycles. The SMILES string of the molecule is CC(C)(C)C(NC(=O)CC1(CN)CCC1)c1ccccc1. The minimum Gasteiger partial charge on any atom is -0.349 e. The van der Waals surface area contributed by atoms with E-state index >= 15 is 0 Å². The normalized spacial score (nSPS) is 18.7. The fraction of sp³-hybridized carbons (Fsp3) is 0.611. The van der Waals surface area contributed by atoms with Crippen molar-refractivity contribution >= 4 is 5.91 Å². The molecule has 1 unspecified atom stereocenters. The van der Waals surface area contributed by atoms with E-state index in [1.54, 1.807) is 0 Å². The minimum absolute atomic E-state index is 0.0213.